The maximum Gasteiger partial charge on any atom is 0.137 e. The lowest BCUT2D eigenvalue weighted by Gasteiger charge is -2.26. The number of hydrogen-bond donors (Lipinski definition) is 0. The van der Waals surface area contributed by atoms with E-state index in [4.69, 9.17) is 4.42 Å². The van der Waals surface area contributed by atoms with E-state index in [0.717, 1.165) is 39.0 Å². The SMILES string of the molecule is c1ccc(N(c2ccc(-c3ccc4c(ccc5sc6ccccc6c54)c3)cc2)c2cccc3oc4ccccc4c23)cc1. The number of fused-ring (bicyclic) bond motifs is 8. The zero-order valence-corrected chi connectivity index (χ0v) is 24.0. The number of furan rings is 1. The third-order valence-electron chi connectivity index (χ3n) is 8.45. The Kier molecular flexibility index (Phi) is 5.40. The van der Waals surface area contributed by atoms with Crippen LogP contribution >= 0.6 is 11.3 Å². The Balaban J connectivity index is 1.17. The molecule has 9 aromatic rings. The highest BCUT2D eigenvalue weighted by molar-refractivity contribution is 7.26. The first-order valence-corrected chi connectivity index (χ1v) is 15.3. The van der Waals surface area contributed by atoms with Gasteiger partial charge in [-0.05, 0) is 82.6 Å². The third kappa shape index (κ3) is 3.86. The van der Waals surface area contributed by atoms with Crippen molar-refractivity contribution in [2.45, 2.75) is 0 Å². The Labute approximate surface area is 252 Å². The third-order valence-corrected chi connectivity index (χ3v) is 9.59. The van der Waals surface area contributed by atoms with Crippen molar-refractivity contribution in [2.24, 2.45) is 0 Å². The highest BCUT2D eigenvalue weighted by atomic mass is 32.1. The van der Waals surface area contributed by atoms with E-state index in [1.54, 1.807) is 0 Å². The van der Waals surface area contributed by atoms with E-state index in [-0.39, 0.29) is 0 Å². The van der Waals surface area contributed by atoms with Gasteiger partial charge in [-0.2, -0.15) is 0 Å². The van der Waals surface area contributed by atoms with Crippen LogP contribution in [0.15, 0.2) is 156 Å². The second-order valence-corrected chi connectivity index (χ2v) is 12.0. The van der Waals surface area contributed by atoms with Gasteiger partial charge >= 0.3 is 0 Å². The van der Waals surface area contributed by atoms with Crippen molar-refractivity contribution in [3.05, 3.63) is 152 Å². The Morgan fingerprint density at radius 2 is 1.16 bits per heavy atom. The average molecular weight is 568 g/mol. The van der Waals surface area contributed by atoms with Crippen LogP contribution in [0.5, 0.6) is 0 Å². The highest BCUT2D eigenvalue weighted by Crippen LogP contribution is 2.43. The normalized spacial score (nSPS) is 11.7. The summed E-state index contributed by atoms with van der Waals surface area (Å²) in [7, 11) is 0. The first-order valence-electron chi connectivity index (χ1n) is 14.5. The molecule has 2 heterocycles. The van der Waals surface area contributed by atoms with Gasteiger partial charge in [0.05, 0.1) is 11.1 Å². The minimum Gasteiger partial charge on any atom is -0.456 e. The molecule has 0 aliphatic carbocycles. The monoisotopic (exact) mass is 567 g/mol. The van der Waals surface area contributed by atoms with Gasteiger partial charge in [-0.1, -0.05) is 91.0 Å². The van der Waals surface area contributed by atoms with Crippen molar-refractivity contribution < 1.29 is 4.42 Å². The number of nitrogens with zero attached hydrogens (tertiary/aromatic N) is 1. The zero-order valence-electron chi connectivity index (χ0n) is 23.2. The smallest absolute Gasteiger partial charge is 0.137 e. The topological polar surface area (TPSA) is 16.4 Å². The first-order chi connectivity index (χ1) is 21.3. The maximum absolute atomic E-state index is 6.25. The van der Waals surface area contributed by atoms with Gasteiger partial charge in [0.1, 0.15) is 11.2 Å². The Morgan fingerprint density at radius 1 is 0.442 bits per heavy atom. The molecule has 0 fully saturated rings. The average Bonchev–Trinajstić information content (AvgIpc) is 3.65. The Morgan fingerprint density at radius 3 is 2.05 bits per heavy atom. The maximum atomic E-state index is 6.25. The van der Waals surface area contributed by atoms with Crippen LogP contribution < -0.4 is 4.90 Å². The summed E-state index contributed by atoms with van der Waals surface area (Å²) in [6.45, 7) is 0. The number of para-hydroxylation sites is 2. The van der Waals surface area contributed by atoms with Gasteiger partial charge in [-0.25, -0.2) is 0 Å². The van der Waals surface area contributed by atoms with Gasteiger partial charge < -0.3 is 9.32 Å². The van der Waals surface area contributed by atoms with E-state index in [1.807, 2.05) is 23.5 Å². The Hall–Kier alpha value is -5.38. The molecule has 0 N–H and O–H groups in total. The van der Waals surface area contributed by atoms with Crippen LogP contribution in [0, 0.1) is 0 Å². The number of thiophene rings is 1. The summed E-state index contributed by atoms with van der Waals surface area (Å²) in [6, 6.07) is 54.2. The summed E-state index contributed by atoms with van der Waals surface area (Å²) in [6.07, 6.45) is 0. The van der Waals surface area contributed by atoms with Crippen molar-refractivity contribution in [1.29, 1.82) is 0 Å². The highest BCUT2D eigenvalue weighted by Gasteiger charge is 2.19. The molecule has 0 aliphatic heterocycles. The quantitative estimate of drug-likeness (QED) is 0.210. The lowest BCUT2D eigenvalue weighted by Crippen LogP contribution is -2.10. The van der Waals surface area contributed by atoms with E-state index in [9.17, 15) is 0 Å². The predicted octanol–water partition coefficient (Wildman–Crippen LogP) is 12.2. The number of hydrogen-bond acceptors (Lipinski definition) is 3. The van der Waals surface area contributed by atoms with Crippen LogP contribution in [0.25, 0.3) is 64.0 Å². The molecular weight excluding hydrogens is 543 g/mol. The summed E-state index contributed by atoms with van der Waals surface area (Å²) >= 11 is 1.87. The molecular formula is C40H25NOS. The van der Waals surface area contributed by atoms with Crippen LogP contribution in [0.1, 0.15) is 0 Å². The van der Waals surface area contributed by atoms with Gasteiger partial charge in [0.15, 0.2) is 0 Å². The second-order valence-electron chi connectivity index (χ2n) is 10.9. The summed E-state index contributed by atoms with van der Waals surface area (Å²) in [5.74, 6) is 0. The summed E-state index contributed by atoms with van der Waals surface area (Å²) in [5, 5.41) is 7.52. The molecule has 9 rings (SSSR count). The Bertz CT molecular complexity index is 2450. The number of benzene rings is 7. The fraction of sp³-hybridized carbons (Fsp3) is 0. The van der Waals surface area contributed by atoms with Gasteiger partial charge in [0.2, 0.25) is 0 Å². The molecule has 2 nitrogen and oxygen atoms in total. The van der Waals surface area contributed by atoms with Crippen LogP contribution in [0.3, 0.4) is 0 Å². The molecule has 43 heavy (non-hydrogen) atoms. The molecule has 0 amide bonds. The van der Waals surface area contributed by atoms with E-state index < -0.39 is 0 Å². The summed E-state index contributed by atoms with van der Waals surface area (Å²) in [5.41, 5.74) is 7.50. The van der Waals surface area contributed by atoms with Crippen molar-refractivity contribution >= 4 is 81.3 Å². The van der Waals surface area contributed by atoms with Crippen molar-refractivity contribution in [2.75, 3.05) is 4.90 Å². The molecule has 0 atom stereocenters. The minimum absolute atomic E-state index is 0.889. The van der Waals surface area contributed by atoms with Gasteiger partial charge in [0.25, 0.3) is 0 Å². The molecule has 2 aromatic heterocycles. The molecule has 0 unspecified atom stereocenters. The molecule has 0 bridgehead atoms. The standard InChI is InChI=1S/C40H25NOS/c1-2-9-29(10-3-1)41(34-13-8-15-36-40(34)32-11-4-6-14-35(32)42-36)30-21-17-26(18-22-30)27-19-23-31-28(25-27)20-24-38-39(31)33-12-5-7-16-37(33)43-38/h1-25H. The van der Waals surface area contributed by atoms with Gasteiger partial charge in [-0.3, -0.25) is 0 Å². The van der Waals surface area contributed by atoms with E-state index in [0.29, 0.717) is 0 Å². The minimum atomic E-state index is 0.889. The number of anilines is 3. The second kappa shape index (κ2) is 9.59. The van der Waals surface area contributed by atoms with Crippen LogP contribution in [-0.2, 0) is 0 Å². The predicted molar refractivity (Wildman–Crippen MR) is 184 cm³/mol. The van der Waals surface area contributed by atoms with E-state index in [1.165, 1.54) is 42.1 Å². The first kappa shape index (κ1) is 24.2. The molecule has 0 aliphatic rings. The molecule has 0 saturated heterocycles. The van der Waals surface area contributed by atoms with Crippen LogP contribution in [-0.4, -0.2) is 0 Å². The van der Waals surface area contributed by atoms with Crippen molar-refractivity contribution in [3.8, 4) is 11.1 Å². The fourth-order valence-corrected chi connectivity index (χ4v) is 7.60. The molecule has 0 spiro atoms. The lowest BCUT2D eigenvalue weighted by atomic mass is 9.98. The largest absolute Gasteiger partial charge is 0.456 e. The molecule has 7 aromatic carbocycles. The van der Waals surface area contributed by atoms with Crippen molar-refractivity contribution in [1.82, 2.24) is 0 Å². The van der Waals surface area contributed by atoms with Crippen LogP contribution in [0.2, 0.25) is 0 Å². The van der Waals surface area contributed by atoms with E-state index >= 15 is 0 Å². The zero-order chi connectivity index (χ0) is 28.3. The molecule has 202 valence electrons. The van der Waals surface area contributed by atoms with E-state index in [2.05, 4.69) is 144 Å². The number of rotatable bonds is 4. The summed E-state index contributed by atoms with van der Waals surface area (Å²) < 4.78 is 8.93. The molecule has 3 heteroatoms. The van der Waals surface area contributed by atoms with Gasteiger partial charge in [-0.15, -0.1) is 11.3 Å². The lowest BCUT2D eigenvalue weighted by molar-refractivity contribution is 0.669. The fourth-order valence-electron chi connectivity index (χ4n) is 6.48. The van der Waals surface area contributed by atoms with Crippen LogP contribution in [0.4, 0.5) is 17.1 Å². The van der Waals surface area contributed by atoms with Gasteiger partial charge in [0, 0.05) is 36.9 Å². The summed E-state index contributed by atoms with van der Waals surface area (Å²) in [4.78, 5) is 2.33. The van der Waals surface area contributed by atoms with Crippen molar-refractivity contribution in [3.63, 3.8) is 0 Å². The molecule has 0 saturated carbocycles. The molecule has 0 radical (unpaired) electrons.